The maximum Gasteiger partial charge on any atom is 0.200 e. The van der Waals surface area contributed by atoms with E-state index in [1.165, 1.54) is 12.8 Å². The molecule has 0 spiro atoms. The molecule has 1 aromatic heterocycles. The monoisotopic (exact) mass is 166 g/mol. The lowest BCUT2D eigenvalue weighted by Crippen LogP contribution is -2.15. The van der Waals surface area contributed by atoms with Crippen LogP contribution >= 0.6 is 0 Å². The Labute approximate surface area is 71.8 Å². The predicted molar refractivity (Wildman–Crippen MR) is 47.5 cm³/mol. The van der Waals surface area contributed by atoms with Gasteiger partial charge >= 0.3 is 0 Å². The number of aryl methyl sites for hydroxylation is 1. The quantitative estimate of drug-likeness (QED) is 0.677. The van der Waals surface area contributed by atoms with Crippen LogP contribution in [0.3, 0.4) is 0 Å². The van der Waals surface area contributed by atoms with Crippen LogP contribution < -0.4 is 11.1 Å². The largest absolute Gasteiger partial charge is 0.369 e. The Kier molecular flexibility index (Phi) is 1.77. The van der Waals surface area contributed by atoms with Gasteiger partial charge in [0.15, 0.2) is 5.95 Å². The molecule has 1 heterocycles. The van der Waals surface area contributed by atoms with E-state index >= 15 is 0 Å². The molecule has 1 aromatic rings. The van der Waals surface area contributed by atoms with Crippen LogP contribution in [0.5, 0.6) is 0 Å². The predicted octanol–water partition coefficient (Wildman–Crippen LogP) is 0.254. The van der Waals surface area contributed by atoms with Gasteiger partial charge in [0.05, 0.1) is 5.69 Å². The van der Waals surface area contributed by atoms with E-state index in [2.05, 4.69) is 10.3 Å². The standard InChI is InChI=1S/C8H14N4/c1-12-5-7(11-8(12)9)4-10-6-2-3-6/h5-6,10H,2-4H2,1H3,(H2,9,11). The van der Waals surface area contributed by atoms with Crippen LogP contribution in [0.15, 0.2) is 6.20 Å². The van der Waals surface area contributed by atoms with E-state index in [0.29, 0.717) is 5.95 Å². The van der Waals surface area contributed by atoms with Crippen molar-refractivity contribution < 1.29 is 0 Å². The van der Waals surface area contributed by atoms with Gasteiger partial charge in [-0.15, -0.1) is 0 Å². The molecule has 1 fully saturated rings. The van der Waals surface area contributed by atoms with Gasteiger partial charge in [-0.3, -0.25) is 0 Å². The van der Waals surface area contributed by atoms with E-state index in [4.69, 9.17) is 5.73 Å². The minimum absolute atomic E-state index is 0.586. The molecule has 1 saturated carbocycles. The van der Waals surface area contributed by atoms with Crippen molar-refractivity contribution in [1.29, 1.82) is 0 Å². The van der Waals surface area contributed by atoms with E-state index in [-0.39, 0.29) is 0 Å². The first-order valence-corrected chi connectivity index (χ1v) is 4.27. The molecule has 1 aliphatic carbocycles. The molecule has 0 unspecified atom stereocenters. The summed E-state index contributed by atoms with van der Waals surface area (Å²) in [6, 6.07) is 0.730. The highest BCUT2D eigenvalue weighted by molar-refractivity contribution is 5.21. The van der Waals surface area contributed by atoms with Crippen molar-refractivity contribution in [3.8, 4) is 0 Å². The molecule has 0 radical (unpaired) electrons. The molecule has 4 nitrogen and oxygen atoms in total. The third kappa shape index (κ3) is 1.58. The smallest absolute Gasteiger partial charge is 0.200 e. The summed E-state index contributed by atoms with van der Waals surface area (Å²) in [4.78, 5) is 4.19. The van der Waals surface area contributed by atoms with Crippen LogP contribution in [0.1, 0.15) is 18.5 Å². The Bertz CT molecular complexity index is 255. The van der Waals surface area contributed by atoms with Crippen molar-refractivity contribution >= 4 is 5.95 Å². The van der Waals surface area contributed by atoms with E-state index in [1.807, 2.05) is 17.8 Å². The summed E-state index contributed by atoms with van der Waals surface area (Å²) in [6.45, 7) is 0.843. The SMILES string of the molecule is Cn1cc(CNC2CC2)nc1N. The van der Waals surface area contributed by atoms with Gasteiger partial charge in [0.2, 0.25) is 0 Å². The average Bonchev–Trinajstić information content (AvgIpc) is 2.78. The lowest BCUT2D eigenvalue weighted by molar-refractivity contribution is 0.676. The summed E-state index contributed by atoms with van der Waals surface area (Å²) in [5.74, 6) is 0.586. The minimum Gasteiger partial charge on any atom is -0.369 e. The fraction of sp³-hybridized carbons (Fsp3) is 0.625. The number of hydrogen-bond acceptors (Lipinski definition) is 3. The van der Waals surface area contributed by atoms with Gasteiger partial charge in [0.1, 0.15) is 0 Å². The normalized spacial score (nSPS) is 16.8. The first-order valence-electron chi connectivity index (χ1n) is 4.27. The second-order valence-electron chi connectivity index (χ2n) is 3.36. The Balaban J connectivity index is 1.93. The summed E-state index contributed by atoms with van der Waals surface area (Å²) in [5, 5.41) is 3.38. The molecule has 0 bridgehead atoms. The van der Waals surface area contributed by atoms with E-state index < -0.39 is 0 Å². The highest BCUT2D eigenvalue weighted by Crippen LogP contribution is 2.19. The first-order chi connectivity index (χ1) is 5.75. The lowest BCUT2D eigenvalue weighted by Gasteiger charge is -1.96. The van der Waals surface area contributed by atoms with Gasteiger partial charge in [-0.1, -0.05) is 0 Å². The highest BCUT2D eigenvalue weighted by Gasteiger charge is 2.20. The van der Waals surface area contributed by atoms with Crippen LogP contribution in [0.2, 0.25) is 0 Å². The summed E-state index contributed by atoms with van der Waals surface area (Å²) < 4.78 is 1.84. The molecule has 0 atom stereocenters. The fourth-order valence-corrected chi connectivity index (χ4v) is 1.17. The number of imidazole rings is 1. The summed E-state index contributed by atoms with van der Waals surface area (Å²) in [6.07, 6.45) is 4.58. The minimum atomic E-state index is 0.586. The molecule has 66 valence electrons. The zero-order valence-corrected chi connectivity index (χ0v) is 7.25. The fourth-order valence-electron chi connectivity index (χ4n) is 1.17. The van der Waals surface area contributed by atoms with E-state index in [9.17, 15) is 0 Å². The number of anilines is 1. The maximum atomic E-state index is 5.59. The van der Waals surface area contributed by atoms with Crippen LogP contribution in [-0.4, -0.2) is 15.6 Å². The molecule has 0 saturated heterocycles. The van der Waals surface area contributed by atoms with E-state index in [1.54, 1.807) is 0 Å². The van der Waals surface area contributed by atoms with Gasteiger partial charge in [0, 0.05) is 25.8 Å². The molecule has 1 aliphatic rings. The van der Waals surface area contributed by atoms with Crippen molar-refractivity contribution in [3.63, 3.8) is 0 Å². The summed E-state index contributed by atoms with van der Waals surface area (Å²) in [5.41, 5.74) is 6.62. The Morgan fingerprint density at radius 1 is 1.75 bits per heavy atom. The third-order valence-corrected chi connectivity index (χ3v) is 2.11. The van der Waals surface area contributed by atoms with Crippen molar-refractivity contribution in [2.75, 3.05) is 5.73 Å². The number of aromatic nitrogens is 2. The summed E-state index contributed by atoms with van der Waals surface area (Å²) in [7, 11) is 1.91. The highest BCUT2D eigenvalue weighted by atomic mass is 15.1. The van der Waals surface area contributed by atoms with Gasteiger partial charge in [-0.2, -0.15) is 0 Å². The number of nitrogens with one attached hydrogen (secondary N) is 1. The molecule has 12 heavy (non-hydrogen) atoms. The second kappa shape index (κ2) is 2.79. The Morgan fingerprint density at radius 2 is 2.50 bits per heavy atom. The first kappa shape index (κ1) is 7.61. The summed E-state index contributed by atoms with van der Waals surface area (Å²) >= 11 is 0. The molecule has 3 N–H and O–H groups in total. The van der Waals surface area contributed by atoms with Gasteiger partial charge in [-0.05, 0) is 12.8 Å². The van der Waals surface area contributed by atoms with Gasteiger partial charge in [0.25, 0.3) is 0 Å². The zero-order chi connectivity index (χ0) is 8.55. The molecule has 2 rings (SSSR count). The molecular weight excluding hydrogens is 152 g/mol. The van der Waals surface area contributed by atoms with Crippen LogP contribution in [0, 0.1) is 0 Å². The number of nitrogen functional groups attached to an aromatic ring is 1. The zero-order valence-electron chi connectivity index (χ0n) is 7.25. The van der Waals surface area contributed by atoms with Crippen molar-refractivity contribution in [2.45, 2.75) is 25.4 Å². The topological polar surface area (TPSA) is 55.9 Å². The average molecular weight is 166 g/mol. The van der Waals surface area contributed by atoms with Crippen molar-refractivity contribution in [1.82, 2.24) is 14.9 Å². The van der Waals surface area contributed by atoms with Gasteiger partial charge in [-0.25, -0.2) is 4.98 Å². The Morgan fingerprint density at radius 3 is 3.00 bits per heavy atom. The van der Waals surface area contributed by atoms with Crippen LogP contribution in [0.4, 0.5) is 5.95 Å². The van der Waals surface area contributed by atoms with Crippen molar-refractivity contribution in [2.24, 2.45) is 7.05 Å². The van der Waals surface area contributed by atoms with Crippen LogP contribution in [0.25, 0.3) is 0 Å². The maximum absolute atomic E-state index is 5.59. The second-order valence-corrected chi connectivity index (χ2v) is 3.36. The van der Waals surface area contributed by atoms with E-state index in [0.717, 1.165) is 18.3 Å². The number of hydrogen-bond donors (Lipinski definition) is 2. The molecule has 4 heteroatoms. The van der Waals surface area contributed by atoms with Crippen molar-refractivity contribution in [3.05, 3.63) is 11.9 Å². The molecule has 0 aromatic carbocycles. The van der Waals surface area contributed by atoms with Crippen LogP contribution in [-0.2, 0) is 13.6 Å². The molecule has 0 aliphatic heterocycles. The third-order valence-electron chi connectivity index (χ3n) is 2.11. The Hall–Kier alpha value is -1.03. The number of nitrogens with zero attached hydrogens (tertiary/aromatic N) is 2. The molecular formula is C8H14N4. The lowest BCUT2D eigenvalue weighted by atomic mass is 10.4. The van der Waals surface area contributed by atoms with Gasteiger partial charge < -0.3 is 15.6 Å². The molecule has 0 amide bonds. The number of rotatable bonds is 3. The number of nitrogens with two attached hydrogens (primary N) is 1.